The summed E-state index contributed by atoms with van der Waals surface area (Å²) in [6, 6.07) is 0. The molecule has 0 aromatic heterocycles. The molecule has 46 heavy (non-hydrogen) atoms. The molecule has 0 heterocycles. The Morgan fingerprint density at radius 1 is 0.326 bits per heavy atom. The molecule has 0 aliphatic carbocycles. The summed E-state index contributed by atoms with van der Waals surface area (Å²) in [6.07, 6.45) is 11.6. The van der Waals surface area contributed by atoms with Crippen LogP contribution in [0.25, 0.3) is 0 Å². The van der Waals surface area contributed by atoms with Gasteiger partial charge in [-0.25, -0.2) is 0 Å². The first-order valence-electron chi connectivity index (χ1n) is 17.7. The van der Waals surface area contributed by atoms with Gasteiger partial charge in [0.2, 0.25) is 0 Å². The second kappa shape index (κ2) is 42.1. The van der Waals surface area contributed by atoms with Gasteiger partial charge >= 0.3 is 5.97 Å². The maximum Gasteiger partial charge on any atom is 0.305 e. The summed E-state index contributed by atoms with van der Waals surface area (Å²) < 4.78 is 59.4. The van der Waals surface area contributed by atoms with Gasteiger partial charge in [-0.15, -0.1) is 0 Å². The average molecular weight is 669 g/mol. The average Bonchev–Trinajstić information content (AvgIpc) is 3.06. The highest BCUT2D eigenvalue weighted by atomic mass is 16.6. The lowest BCUT2D eigenvalue weighted by Crippen LogP contribution is -2.15. The predicted molar refractivity (Wildman–Crippen MR) is 177 cm³/mol. The van der Waals surface area contributed by atoms with Crippen molar-refractivity contribution in [2.24, 2.45) is 0 Å². The van der Waals surface area contributed by atoms with E-state index in [-0.39, 0.29) is 5.97 Å². The van der Waals surface area contributed by atoms with E-state index in [4.69, 9.17) is 52.1 Å². The number of ether oxygens (including phenoxy) is 11. The first kappa shape index (κ1) is 45.1. The van der Waals surface area contributed by atoms with Gasteiger partial charge in [0, 0.05) is 13.0 Å². The Kier molecular flexibility index (Phi) is 41.2. The predicted octanol–water partition coefficient (Wildman–Crippen LogP) is 4.64. The monoisotopic (exact) mass is 668 g/mol. The molecule has 0 fully saturated rings. The molecule has 0 unspecified atom stereocenters. The van der Waals surface area contributed by atoms with Crippen LogP contribution in [0, 0.1) is 0 Å². The number of unbranched alkanes of at least 4 members (excludes halogenated alkanes) is 8. The van der Waals surface area contributed by atoms with Crippen LogP contribution >= 0.6 is 0 Å². The minimum absolute atomic E-state index is 0.135. The van der Waals surface area contributed by atoms with Crippen molar-refractivity contribution in [2.75, 3.05) is 139 Å². The first-order chi connectivity index (χ1) is 22.8. The zero-order valence-corrected chi connectivity index (χ0v) is 29.3. The van der Waals surface area contributed by atoms with E-state index in [0.717, 1.165) is 12.8 Å². The van der Waals surface area contributed by atoms with Crippen molar-refractivity contribution in [3.63, 3.8) is 0 Å². The molecule has 0 amide bonds. The minimum atomic E-state index is -0.135. The van der Waals surface area contributed by atoms with Gasteiger partial charge < -0.3 is 52.1 Å². The second-order valence-corrected chi connectivity index (χ2v) is 10.5. The van der Waals surface area contributed by atoms with Crippen molar-refractivity contribution in [1.82, 2.24) is 0 Å². The Labute approximate surface area is 279 Å². The molecule has 0 saturated heterocycles. The second-order valence-electron chi connectivity index (χ2n) is 10.5. The van der Waals surface area contributed by atoms with Crippen LogP contribution in [0.4, 0.5) is 0 Å². The van der Waals surface area contributed by atoms with Crippen molar-refractivity contribution >= 4 is 5.97 Å². The third kappa shape index (κ3) is 41.1. The van der Waals surface area contributed by atoms with Gasteiger partial charge in [-0.05, 0) is 13.3 Å². The molecule has 0 N–H and O–H groups in total. The van der Waals surface area contributed by atoms with Gasteiger partial charge in [0.25, 0.3) is 0 Å². The molecule has 0 aromatic carbocycles. The summed E-state index contributed by atoms with van der Waals surface area (Å²) in [4.78, 5) is 11.8. The minimum Gasteiger partial charge on any atom is -0.463 e. The highest BCUT2D eigenvalue weighted by Gasteiger charge is 2.03. The summed E-state index contributed by atoms with van der Waals surface area (Å²) in [5.74, 6) is -0.135. The topological polar surface area (TPSA) is 119 Å². The summed E-state index contributed by atoms with van der Waals surface area (Å²) in [5.41, 5.74) is 0. The molecule has 0 spiro atoms. The van der Waals surface area contributed by atoms with Crippen molar-refractivity contribution in [3.8, 4) is 0 Å². The Balaban J connectivity index is 3.10. The summed E-state index contributed by atoms with van der Waals surface area (Å²) >= 11 is 0. The molecule has 12 nitrogen and oxygen atoms in total. The molecule has 0 saturated carbocycles. The lowest BCUT2D eigenvalue weighted by molar-refractivity contribution is -0.145. The number of carbonyl (C=O) groups is 1. The van der Waals surface area contributed by atoms with Crippen LogP contribution in [0.15, 0.2) is 0 Å². The molecule has 0 rings (SSSR count). The van der Waals surface area contributed by atoms with Crippen LogP contribution in [0.3, 0.4) is 0 Å². The maximum atomic E-state index is 11.8. The molecule has 0 bridgehead atoms. The molecular formula is C34H68O12. The maximum absolute atomic E-state index is 11.8. The van der Waals surface area contributed by atoms with Gasteiger partial charge in [0.05, 0.1) is 126 Å². The molecule has 0 aromatic rings. The van der Waals surface area contributed by atoms with Gasteiger partial charge in [-0.3, -0.25) is 4.79 Å². The van der Waals surface area contributed by atoms with Crippen molar-refractivity contribution < 1.29 is 56.9 Å². The van der Waals surface area contributed by atoms with Crippen LogP contribution < -0.4 is 0 Å². The van der Waals surface area contributed by atoms with E-state index in [1.165, 1.54) is 44.9 Å². The highest BCUT2D eigenvalue weighted by molar-refractivity contribution is 5.69. The molecule has 0 aliphatic rings. The fourth-order valence-electron chi connectivity index (χ4n) is 3.99. The molecular weight excluding hydrogens is 600 g/mol. The van der Waals surface area contributed by atoms with Gasteiger partial charge in [-0.2, -0.15) is 0 Å². The van der Waals surface area contributed by atoms with Crippen molar-refractivity contribution in [3.05, 3.63) is 0 Å². The van der Waals surface area contributed by atoms with Crippen LogP contribution in [-0.4, -0.2) is 145 Å². The van der Waals surface area contributed by atoms with E-state index in [1.54, 1.807) is 0 Å². The SMILES string of the molecule is CCCCCCCCCCCC(=O)OCCOCCOCCOCCOCCOCCOCCOCCOCCOCCOCC. The van der Waals surface area contributed by atoms with E-state index in [2.05, 4.69) is 6.92 Å². The van der Waals surface area contributed by atoms with Crippen molar-refractivity contribution in [1.29, 1.82) is 0 Å². The number of esters is 1. The largest absolute Gasteiger partial charge is 0.463 e. The zero-order chi connectivity index (χ0) is 33.3. The van der Waals surface area contributed by atoms with Crippen LogP contribution in [0.1, 0.15) is 78.1 Å². The fourth-order valence-corrected chi connectivity index (χ4v) is 3.99. The van der Waals surface area contributed by atoms with E-state index in [9.17, 15) is 4.79 Å². The van der Waals surface area contributed by atoms with E-state index in [1.807, 2.05) is 6.92 Å². The number of rotatable bonds is 41. The summed E-state index contributed by atoms with van der Waals surface area (Å²) in [5, 5.41) is 0. The first-order valence-corrected chi connectivity index (χ1v) is 17.7. The van der Waals surface area contributed by atoms with Gasteiger partial charge in [0.1, 0.15) is 6.61 Å². The lowest BCUT2D eigenvalue weighted by Gasteiger charge is -2.09. The summed E-state index contributed by atoms with van der Waals surface area (Å²) in [6.45, 7) is 15.0. The number of carbonyl (C=O) groups excluding carboxylic acids is 1. The number of hydrogen-bond acceptors (Lipinski definition) is 12. The molecule has 0 atom stereocenters. The highest BCUT2D eigenvalue weighted by Crippen LogP contribution is 2.10. The van der Waals surface area contributed by atoms with Crippen LogP contribution in [0.5, 0.6) is 0 Å². The Morgan fingerprint density at radius 3 is 0.891 bits per heavy atom. The Morgan fingerprint density at radius 2 is 0.587 bits per heavy atom. The Bertz CT molecular complexity index is 570. The van der Waals surface area contributed by atoms with Crippen LogP contribution in [-0.2, 0) is 56.9 Å². The lowest BCUT2D eigenvalue weighted by atomic mass is 10.1. The van der Waals surface area contributed by atoms with Gasteiger partial charge in [0.15, 0.2) is 0 Å². The van der Waals surface area contributed by atoms with Crippen molar-refractivity contribution in [2.45, 2.75) is 78.1 Å². The standard InChI is InChI=1S/C34H68O12/c1-3-5-6-7-8-9-10-11-12-13-34(35)46-33-32-45-31-30-44-29-28-43-27-26-42-25-24-41-23-22-40-21-20-39-19-18-38-17-16-37-15-14-36-4-2/h3-33H2,1-2H3. The van der Waals surface area contributed by atoms with E-state index < -0.39 is 0 Å². The number of hydrogen-bond donors (Lipinski definition) is 0. The quantitative estimate of drug-likeness (QED) is 0.0667. The fraction of sp³-hybridized carbons (Fsp3) is 0.971. The summed E-state index contributed by atoms with van der Waals surface area (Å²) in [7, 11) is 0. The van der Waals surface area contributed by atoms with E-state index in [0.29, 0.717) is 145 Å². The van der Waals surface area contributed by atoms with E-state index >= 15 is 0 Å². The van der Waals surface area contributed by atoms with Gasteiger partial charge in [-0.1, -0.05) is 58.3 Å². The normalized spacial score (nSPS) is 11.4. The molecule has 0 radical (unpaired) electrons. The molecule has 276 valence electrons. The molecule has 0 aliphatic heterocycles. The third-order valence-corrected chi connectivity index (χ3v) is 6.53. The molecule has 12 heteroatoms. The smallest absolute Gasteiger partial charge is 0.305 e. The Hall–Kier alpha value is -0.930. The van der Waals surface area contributed by atoms with Crippen LogP contribution in [0.2, 0.25) is 0 Å². The third-order valence-electron chi connectivity index (χ3n) is 6.53. The zero-order valence-electron chi connectivity index (χ0n) is 29.3.